The fourth-order valence-corrected chi connectivity index (χ4v) is 5.12. The molecular formula is C24H32F3N3O4. The van der Waals surface area contributed by atoms with E-state index in [9.17, 15) is 32.7 Å². The Kier molecular flexibility index (Phi) is 7.04. The second kappa shape index (κ2) is 9.20. The maximum absolute atomic E-state index is 13.1. The number of halogens is 3. The molecule has 1 heterocycles. The largest absolute Gasteiger partial charge is 0.481 e. The number of carbonyl (C=O) groups excluding carboxylic acids is 2. The van der Waals surface area contributed by atoms with E-state index in [0.29, 0.717) is 19.3 Å². The van der Waals surface area contributed by atoms with Gasteiger partial charge in [-0.25, -0.2) is 0 Å². The average Bonchev–Trinajstić information content (AvgIpc) is 3.06. The van der Waals surface area contributed by atoms with Crippen molar-refractivity contribution in [1.29, 1.82) is 0 Å². The maximum atomic E-state index is 13.1. The molecule has 188 valence electrons. The van der Waals surface area contributed by atoms with Crippen molar-refractivity contribution in [3.05, 3.63) is 35.4 Å². The van der Waals surface area contributed by atoms with Gasteiger partial charge in [-0.3, -0.25) is 14.4 Å². The molecule has 34 heavy (non-hydrogen) atoms. The Bertz CT molecular complexity index is 960. The lowest BCUT2D eigenvalue weighted by Gasteiger charge is -2.47. The number of nitrogens with zero attached hydrogens (tertiary/aromatic N) is 1. The van der Waals surface area contributed by atoms with Crippen LogP contribution in [0.3, 0.4) is 0 Å². The molecule has 0 spiro atoms. The van der Waals surface area contributed by atoms with E-state index in [1.807, 2.05) is 20.8 Å². The van der Waals surface area contributed by atoms with Crippen LogP contribution in [0.15, 0.2) is 24.3 Å². The predicted molar refractivity (Wildman–Crippen MR) is 119 cm³/mol. The van der Waals surface area contributed by atoms with Gasteiger partial charge < -0.3 is 20.6 Å². The first-order valence-electron chi connectivity index (χ1n) is 11.4. The van der Waals surface area contributed by atoms with Gasteiger partial charge in [0.2, 0.25) is 5.91 Å². The molecular weight excluding hydrogens is 451 g/mol. The molecule has 4 atom stereocenters. The molecule has 3 N–H and O–H groups in total. The third-order valence-corrected chi connectivity index (χ3v) is 6.69. The quantitative estimate of drug-likeness (QED) is 0.596. The lowest BCUT2D eigenvalue weighted by Crippen LogP contribution is -2.59. The van der Waals surface area contributed by atoms with Gasteiger partial charge in [0.1, 0.15) is 6.04 Å². The number of hydrogen-bond acceptors (Lipinski definition) is 4. The summed E-state index contributed by atoms with van der Waals surface area (Å²) >= 11 is 0. The molecule has 2 fully saturated rings. The lowest BCUT2D eigenvalue weighted by atomic mass is 9.68. The molecule has 1 saturated carbocycles. The summed E-state index contributed by atoms with van der Waals surface area (Å²) in [5.41, 5.74) is -2.49. The second-order valence-electron chi connectivity index (χ2n) is 10.5. The molecule has 1 aromatic carbocycles. The minimum atomic E-state index is -4.59. The topological polar surface area (TPSA) is 98.7 Å². The summed E-state index contributed by atoms with van der Waals surface area (Å²) in [5, 5.41) is 16.0. The van der Waals surface area contributed by atoms with Gasteiger partial charge >= 0.3 is 12.1 Å². The van der Waals surface area contributed by atoms with Crippen LogP contribution in [-0.4, -0.2) is 58.0 Å². The van der Waals surface area contributed by atoms with Crippen LogP contribution < -0.4 is 10.6 Å². The molecule has 7 nitrogen and oxygen atoms in total. The highest BCUT2D eigenvalue weighted by molar-refractivity contribution is 5.98. The molecule has 1 aliphatic heterocycles. The van der Waals surface area contributed by atoms with Gasteiger partial charge in [-0.1, -0.05) is 6.07 Å². The minimum Gasteiger partial charge on any atom is -0.481 e. The lowest BCUT2D eigenvalue weighted by molar-refractivity contribution is -0.158. The van der Waals surface area contributed by atoms with Crippen molar-refractivity contribution in [2.24, 2.45) is 5.41 Å². The molecule has 3 rings (SSSR count). The van der Waals surface area contributed by atoms with Crippen molar-refractivity contribution in [2.75, 3.05) is 6.54 Å². The monoisotopic (exact) mass is 483 g/mol. The van der Waals surface area contributed by atoms with Crippen molar-refractivity contribution in [3.63, 3.8) is 0 Å². The first-order valence-corrected chi connectivity index (χ1v) is 11.4. The van der Waals surface area contributed by atoms with Gasteiger partial charge in [0.25, 0.3) is 5.91 Å². The second-order valence-corrected chi connectivity index (χ2v) is 10.5. The van der Waals surface area contributed by atoms with Crippen LogP contribution in [0.4, 0.5) is 13.2 Å². The number of benzene rings is 1. The molecule has 2 aliphatic rings. The molecule has 0 bridgehead atoms. The number of alkyl halides is 3. The Hall–Kier alpha value is -2.62. The standard InChI is InChI=1S/C24H32F3N3O4/c1-22(2,3)29-16-8-9-18(23(4,13-16)21(33)34)30-11-10-17(20(30)32)28-19(31)14-6-5-7-15(12-14)24(25,26)27/h5-7,12,16-18,29H,8-11,13H2,1-4H3,(H,28,31)(H,33,34)/t16-,17+,18+,23-/m1/s1. The minimum absolute atomic E-state index is 0.00790. The normalized spacial score (nSPS) is 28.1. The van der Waals surface area contributed by atoms with Crippen molar-refractivity contribution in [2.45, 2.75) is 83.2 Å². The fraction of sp³-hybridized carbons (Fsp3) is 0.625. The van der Waals surface area contributed by atoms with E-state index < -0.39 is 47.0 Å². The number of hydrogen-bond donors (Lipinski definition) is 3. The summed E-state index contributed by atoms with van der Waals surface area (Å²) in [6.07, 6.45) is -2.76. The third-order valence-electron chi connectivity index (χ3n) is 6.69. The van der Waals surface area contributed by atoms with E-state index in [-0.39, 0.29) is 30.1 Å². The predicted octanol–water partition coefficient (Wildman–Crippen LogP) is 3.44. The number of likely N-dealkylation sites (tertiary alicyclic amines) is 1. The zero-order chi connectivity index (χ0) is 25.5. The van der Waals surface area contributed by atoms with Crippen LogP contribution in [0.25, 0.3) is 0 Å². The van der Waals surface area contributed by atoms with Gasteiger partial charge in [-0.15, -0.1) is 0 Å². The first-order chi connectivity index (χ1) is 15.6. The van der Waals surface area contributed by atoms with E-state index in [0.717, 1.165) is 18.2 Å². The summed E-state index contributed by atoms with van der Waals surface area (Å²) in [4.78, 5) is 39.5. The van der Waals surface area contributed by atoms with Gasteiger partial charge in [0.05, 0.1) is 11.0 Å². The molecule has 1 aliphatic carbocycles. The molecule has 1 aromatic rings. The summed E-state index contributed by atoms with van der Waals surface area (Å²) in [7, 11) is 0. The average molecular weight is 484 g/mol. The fourth-order valence-electron chi connectivity index (χ4n) is 5.12. The van der Waals surface area contributed by atoms with E-state index >= 15 is 0 Å². The molecule has 2 amide bonds. The summed E-state index contributed by atoms with van der Waals surface area (Å²) in [6, 6.07) is 2.56. The van der Waals surface area contributed by atoms with E-state index in [1.54, 1.807) is 6.92 Å². The zero-order valence-electron chi connectivity index (χ0n) is 19.8. The van der Waals surface area contributed by atoms with Gasteiger partial charge in [-0.2, -0.15) is 13.2 Å². The highest BCUT2D eigenvalue weighted by Crippen LogP contribution is 2.41. The van der Waals surface area contributed by atoms with Crippen LogP contribution in [0.5, 0.6) is 0 Å². The van der Waals surface area contributed by atoms with Crippen molar-refractivity contribution < 1.29 is 32.7 Å². The highest BCUT2D eigenvalue weighted by atomic mass is 19.4. The number of carboxylic acids is 1. The van der Waals surface area contributed by atoms with E-state index in [1.165, 1.54) is 11.0 Å². The Morgan fingerprint density at radius 1 is 1.15 bits per heavy atom. The van der Waals surface area contributed by atoms with Crippen LogP contribution in [0, 0.1) is 5.41 Å². The molecule has 0 aromatic heterocycles. The Morgan fingerprint density at radius 2 is 1.82 bits per heavy atom. The van der Waals surface area contributed by atoms with Crippen LogP contribution >= 0.6 is 0 Å². The molecule has 0 radical (unpaired) electrons. The number of aliphatic carboxylic acids is 1. The third kappa shape index (κ3) is 5.54. The smallest absolute Gasteiger partial charge is 0.416 e. The number of carbonyl (C=O) groups is 3. The Labute approximate surface area is 197 Å². The molecule has 10 heteroatoms. The maximum Gasteiger partial charge on any atom is 0.416 e. The highest BCUT2D eigenvalue weighted by Gasteiger charge is 2.52. The number of nitrogens with one attached hydrogen (secondary N) is 2. The van der Waals surface area contributed by atoms with Crippen molar-refractivity contribution in [3.8, 4) is 0 Å². The van der Waals surface area contributed by atoms with Crippen molar-refractivity contribution in [1.82, 2.24) is 15.5 Å². The number of rotatable bonds is 5. The summed E-state index contributed by atoms with van der Waals surface area (Å²) in [5.74, 6) is -2.16. The van der Waals surface area contributed by atoms with Gasteiger partial charge in [-0.05, 0) is 71.6 Å². The van der Waals surface area contributed by atoms with Crippen LogP contribution in [0.1, 0.15) is 69.3 Å². The number of amides is 2. The Balaban J connectivity index is 1.72. The van der Waals surface area contributed by atoms with Gasteiger partial charge in [0.15, 0.2) is 0 Å². The Morgan fingerprint density at radius 3 is 2.41 bits per heavy atom. The number of carboxylic acid groups (broad SMARTS) is 1. The SMILES string of the molecule is CC(C)(C)N[C@@H]1CC[C@H](N2CC[C@H](NC(=O)c3cccc(C(F)(F)F)c3)C2=O)[C@](C)(C(=O)O)C1. The summed E-state index contributed by atoms with van der Waals surface area (Å²) < 4.78 is 38.9. The summed E-state index contributed by atoms with van der Waals surface area (Å²) in [6.45, 7) is 7.96. The van der Waals surface area contributed by atoms with Gasteiger partial charge in [0, 0.05) is 29.7 Å². The van der Waals surface area contributed by atoms with Crippen molar-refractivity contribution >= 4 is 17.8 Å². The molecule has 0 unspecified atom stereocenters. The van der Waals surface area contributed by atoms with Crippen LogP contribution in [-0.2, 0) is 15.8 Å². The van der Waals surface area contributed by atoms with E-state index in [4.69, 9.17) is 0 Å². The van der Waals surface area contributed by atoms with Crippen LogP contribution in [0.2, 0.25) is 0 Å². The zero-order valence-corrected chi connectivity index (χ0v) is 19.8. The molecule has 1 saturated heterocycles. The first kappa shape index (κ1) is 26.0. The van der Waals surface area contributed by atoms with E-state index in [2.05, 4.69) is 10.6 Å².